The summed E-state index contributed by atoms with van der Waals surface area (Å²) in [5, 5.41) is 8.55. The summed E-state index contributed by atoms with van der Waals surface area (Å²) in [6.07, 6.45) is 2.18. The third-order valence-electron chi connectivity index (χ3n) is 8.44. The number of anilines is 2. The van der Waals surface area contributed by atoms with Crippen molar-refractivity contribution in [2.24, 2.45) is 0 Å². The van der Waals surface area contributed by atoms with Crippen LogP contribution in [0.1, 0.15) is 27.8 Å². The van der Waals surface area contributed by atoms with Gasteiger partial charge in [0.15, 0.2) is 0 Å². The van der Waals surface area contributed by atoms with Crippen LogP contribution in [0.15, 0.2) is 60.8 Å². The zero-order chi connectivity index (χ0) is 30.7. The van der Waals surface area contributed by atoms with E-state index in [4.69, 9.17) is 4.74 Å². The molecule has 228 valence electrons. The first-order valence-electron chi connectivity index (χ1n) is 14.5. The highest BCUT2D eigenvalue weighted by Gasteiger charge is 2.51. The lowest BCUT2D eigenvalue weighted by Gasteiger charge is -2.33. The van der Waals surface area contributed by atoms with Crippen LogP contribution in [-0.4, -0.2) is 78.7 Å². The van der Waals surface area contributed by atoms with E-state index >= 15 is 0 Å². The summed E-state index contributed by atoms with van der Waals surface area (Å²) in [5.41, 5.74) is 4.43. The van der Waals surface area contributed by atoms with Crippen molar-refractivity contribution in [3.05, 3.63) is 88.6 Å². The average Bonchev–Trinajstić information content (AvgIpc) is 3.56. The van der Waals surface area contributed by atoms with Gasteiger partial charge in [0.05, 0.1) is 25.7 Å². The largest absolute Gasteiger partial charge is 0.453 e. The monoisotopic (exact) mass is 598 g/mol. The predicted molar refractivity (Wildman–Crippen MR) is 161 cm³/mol. The first kappa shape index (κ1) is 29.1. The van der Waals surface area contributed by atoms with Gasteiger partial charge in [0.2, 0.25) is 11.8 Å². The number of carbonyl (C=O) groups excluding carboxylic acids is 4. The lowest BCUT2D eigenvalue weighted by atomic mass is 9.79. The summed E-state index contributed by atoms with van der Waals surface area (Å²) >= 11 is 0. The van der Waals surface area contributed by atoms with Crippen LogP contribution in [-0.2, 0) is 50.4 Å². The molecule has 1 unspecified atom stereocenters. The van der Waals surface area contributed by atoms with Crippen LogP contribution in [0.5, 0.6) is 0 Å². The van der Waals surface area contributed by atoms with Crippen molar-refractivity contribution in [2.75, 3.05) is 50.6 Å². The SMILES string of the molecule is COC(=O)NCc1ccccc1CN(CC(=O)Nc1ccc2c(c1)CC1(C2)C(=O)Nc2ncccc21)C(=O)N1CCOCC1. The Morgan fingerprint density at radius 1 is 1.05 bits per heavy atom. The van der Waals surface area contributed by atoms with Gasteiger partial charge in [-0.15, -0.1) is 0 Å². The van der Waals surface area contributed by atoms with E-state index < -0.39 is 11.5 Å². The number of benzene rings is 2. The Hall–Kier alpha value is -4.97. The fourth-order valence-electron chi connectivity index (χ4n) is 6.19. The van der Waals surface area contributed by atoms with Crippen LogP contribution in [0, 0.1) is 0 Å². The molecule has 0 saturated carbocycles. The number of carbonyl (C=O) groups is 4. The summed E-state index contributed by atoms with van der Waals surface area (Å²) < 4.78 is 10.1. The Bertz CT molecular complexity index is 1610. The van der Waals surface area contributed by atoms with E-state index in [1.54, 1.807) is 11.1 Å². The molecule has 1 aromatic heterocycles. The number of morpholine rings is 1. The predicted octanol–water partition coefficient (Wildman–Crippen LogP) is 2.82. The molecule has 1 fully saturated rings. The number of aromatic nitrogens is 1. The van der Waals surface area contributed by atoms with Gasteiger partial charge in [0, 0.05) is 43.6 Å². The van der Waals surface area contributed by atoms with Gasteiger partial charge in [-0.25, -0.2) is 14.6 Å². The minimum absolute atomic E-state index is 0.0627. The van der Waals surface area contributed by atoms with E-state index in [0.29, 0.717) is 50.7 Å². The zero-order valence-corrected chi connectivity index (χ0v) is 24.4. The molecule has 0 radical (unpaired) electrons. The Morgan fingerprint density at radius 2 is 1.82 bits per heavy atom. The van der Waals surface area contributed by atoms with Crippen LogP contribution in [0.3, 0.4) is 0 Å². The summed E-state index contributed by atoms with van der Waals surface area (Å²) in [7, 11) is 1.30. The molecule has 5 amide bonds. The number of fused-ring (bicyclic) bond motifs is 3. The molecule has 1 aliphatic carbocycles. The highest BCUT2D eigenvalue weighted by molar-refractivity contribution is 6.06. The summed E-state index contributed by atoms with van der Waals surface area (Å²) in [5.74, 6) is 0.191. The number of rotatable bonds is 7. The van der Waals surface area contributed by atoms with Crippen molar-refractivity contribution in [2.45, 2.75) is 31.3 Å². The number of pyridine rings is 1. The molecule has 12 heteroatoms. The minimum Gasteiger partial charge on any atom is -0.453 e. The maximum absolute atomic E-state index is 13.6. The lowest BCUT2D eigenvalue weighted by molar-refractivity contribution is -0.120. The standard InChI is InChI=1S/C32H34N6O6/c1-43-30(41)34-18-22-5-2-3-6-23(22)19-38(31(42)37-11-13-44-14-12-37)20-27(39)35-25-9-8-21-16-32(17-24(21)15-25)26-7-4-10-33-28(26)36-29(32)40/h2-10,15H,11-14,16-20H2,1H3,(H,34,41)(H,35,39)(H,33,36,40). The van der Waals surface area contributed by atoms with Crippen molar-refractivity contribution in [1.82, 2.24) is 20.1 Å². The van der Waals surface area contributed by atoms with Gasteiger partial charge < -0.3 is 35.2 Å². The maximum atomic E-state index is 13.6. The van der Waals surface area contributed by atoms with Crippen LogP contribution >= 0.6 is 0 Å². The van der Waals surface area contributed by atoms with Gasteiger partial charge >= 0.3 is 12.1 Å². The van der Waals surface area contributed by atoms with Crippen LogP contribution in [0.4, 0.5) is 21.1 Å². The molecule has 6 rings (SSSR count). The number of nitrogens with zero attached hydrogens (tertiary/aromatic N) is 3. The second kappa shape index (κ2) is 12.3. The fraction of sp³-hybridized carbons (Fsp3) is 0.344. The highest BCUT2D eigenvalue weighted by Crippen LogP contribution is 2.46. The second-order valence-corrected chi connectivity index (χ2v) is 11.2. The molecule has 3 aromatic rings. The Morgan fingerprint density at radius 3 is 2.61 bits per heavy atom. The first-order valence-corrected chi connectivity index (χ1v) is 14.5. The van der Waals surface area contributed by atoms with E-state index in [9.17, 15) is 19.2 Å². The summed E-state index contributed by atoms with van der Waals surface area (Å²) in [4.78, 5) is 59.3. The number of ether oxygens (including phenoxy) is 2. The Labute approximate surface area is 254 Å². The molecular weight excluding hydrogens is 564 g/mol. The van der Waals surface area contributed by atoms with Crippen LogP contribution in [0.25, 0.3) is 0 Å². The van der Waals surface area contributed by atoms with Crippen molar-refractivity contribution >= 4 is 35.4 Å². The molecular formula is C32H34N6O6. The third-order valence-corrected chi connectivity index (χ3v) is 8.44. The number of hydrogen-bond donors (Lipinski definition) is 3. The van der Waals surface area contributed by atoms with E-state index in [0.717, 1.165) is 27.8 Å². The molecule has 2 aromatic carbocycles. The van der Waals surface area contributed by atoms with Gasteiger partial charge in [-0.3, -0.25) is 9.59 Å². The molecule has 44 heavy (non-hydrogen) atoms. The Balaban J connectivity index is 1.18. The minimum atomic E-state index is -0.702. The zero-order valence-electron chi connectivity index (χ0n) is 24.4. The number of amides is 5. The molecule has 3 N–H and O–H groups in total. The van der Waals surface area contributed by atoms with Crippen molar-refractivity contribution in [3.63, 3.8) is 0 Å². The van der Waals surface area contributed by atoms with Gasteiger partial charge in [-0.05, 0) is 53.3 Å². The van der Waals surface area contributed by atoms with Gasteiger partial charge in [0.1, 0.15) is 12.4 Å². The topological polar surface area (TPSA) is 142 Å². The first-order chi connectivity index (χ1) is 21.4. The maximum Gasteiger partial charge on any atom is 0.407 e. The molecule has 2 aliphatic heterocycles. The van der Waals surface area contributed by atoms with Crippen LogP contribution in [0.2, 0.25) is 0 Å². The molecule has 1 spiro atoms. The number of nitrogens with one attached hydrogen (secondary N) is 3. The molecule has 0 bridgehead atoms. The van der Waals surface area contributed by atoms with E-state index in [-0.39, 0.29) is 37.5 Å². The lowest BCUT2D eigenvalue weighted by Crippen LogP contribution is -2.49. The molecule has 1 saturated heterocycles. The van der Waals surface area contributed by atoms with Crippen LogP contribution < -0.4 is 16.0 Å². The van der Waals surface area contributed by atoms with Gasteiger partial charge in [-0.1, -0.05) is 36.4 Å². The normalized spacial score (nSPS) is 18.3. The smallest absolute Gasteiger partial charge is 0.407 e. The van der Waals surface area contributed by atoms with E-state index in [1.165, 1.54) is 12.0 Å². The summed E-state index contributed by atoms with van der Waals surface area (Å²) in [6.45, 7) is 1.92. The summed E-state index contributed by atoms with van der Waals surface area (Å²) in [6, 6.07) is 16.6. The molecule has 3 heterocycles. The third kappa shape index (κ3) is 5.80. The van der Waals surface area contributed by atoms with Gasteiger partial charge in [0.25, 0.3) is 0 Å². The highest BCUT2D eigenvalue weighted by atomic mass is 16.5. The number of hydrogen-bond acceptors (Lipinski definition) is 7. The number of methoxy groups -OCH3 is 1. The van der Waals surface area contributed by atoms with Crippen molar-refractivity contribution in [1.29, 1.82) is 0 Å². The molecule has 3 aliphatic rings. The number of alkyl carbamates (subject to hydrolysis) is 1. The molecule has 1 atom stereocenters. The van der Waals surface area contributed by atoms with Crippen molar-refractivity contribution < 1.29 is 28.7 Å². The number of urea groups is 1. The fourth-order valence-corrected chi connectivity index (χ4v) is 6.19. The van der Waals surface area contributed by atoms with E-state index in [2.05, 4.69) is 25.7 Å². The van der Waals surface area contributed by atoms with E-state index in [1.807, 2.05) is 54.6 Å². The quantitative estimate of drug-likeness (QED) is 0.380. The van der Waals surface area contributed by atoms with Crippen molar-refractivity contribution in [3.8, 4) is 0 Å². The van der Waals surface area contributed by atoms with Gasteiger partial charge in [-0.2, -0.15) is 0 Å². The second-order valence-electron chi connectivity index (χ2n) is 11.2. The molecule has 12 nitrogen and oxygen atoms in total. The Kier molecular flexibility index (Phi) is 8.16. The average molecular weight is 599 g/mol.